The van der Waals surface area contributed by atoms with E-state index in [4.69, 9.17) is 4.42 Å². The van der Waals surface area contributed by atoms with Gasteiger partial charge in [-0.25, -0.2) is 14.5 Å². The first-order valence-corrected chi connectivity index (χ1v) is 7.34. The maximum absolute atomic E-state index is 11.5. The molecule has 0 spiro atoms. The van der Waals surface area contributed by atoms with Crippen molar-refractivity contribution < 1.29 is 14.3 Å². The molecule has 0 aliphatic rings. The summed E-state index contributed by atoms with van der Waals surface area (Å²) in [4.78, 5) is 15.8. The second-order valence-electron chi connectivity index (χ2n) is 5.39. The molecule has 6 nitrogen and oxygen atoms in total. The molecule has 6 heteroatoms. The van der Waals surface area contributed by atoms with Crippen LogP contribution in [0.1, 0.15) is 10.5 Å². The van der Waals surface area contributed by atoms with Crippen LogP contribution in [0.25, 0.3) is 33.5 Å². The predicted octanol–water partition coefficient (Wildman–Crippen LogP) is 3.59. The summed E-state index contributed by atoms with van der Waals surface area (Å²) in [5.74, 6) is -0.316. The smallest absolute Gasteiger partial charge is 0.357 e. The quantitative estimate of drug-likeness (QED) is 0.624. The highest BCUT2D eigenvalue weighted by Gasteiger charge is 2.20. The summed E-state index contributed by atoms with van der Waals surface area (Å²) in [6, 6.07) is 13.3. The van der Waals surface area contributed by atoms with Crippen LogP contribution in [0.2, 0.25) is 0 Å². The van der Waals surface area contributed by atoms with Crippen LogP contribution in [0, 0.1) is 0 Å². The van der Waals surface area contributed by atoms with Gasteiger partial charge in [-0.3, -0.25) is 0 Å². The van der Waals surface area contributed by atoms with Gasteiger partial charge in [-0.1, -0.05) is 18.2 Å². The Kier molecular flexibility index (Phi) is 3.16. The molecule has 4 aromatic rings. The van der Waals surface area contributed by atoms with Gasteiger partial charge in [-0.2, -0.15) is 5.10 Å². The van der Waals surface area contributed by atoms with Crippen molar-refractivity contribution in [3.63, 3.8) is 0 Å². The summed E-state index contributed by atoms with van der Waals surface area (Å²) in [5, 5.41) is 14.1. The number of nitrogens with zero attached hydrogens (tertiary/aromatic N) is 3. The molecular formula is C18H13N3O3. The third kappa shape index (κ3) is 2.16. The predicted molar refractivity (Wildman–Crippen MR) is 88.6 cm³/mol. The van der Waals surface area contributed by atoms with E-state index in [2.05, 4.69) is 10.1 Å². The lowest BCUT2D eigenvalue weighted by Gasteiger charge is -2.06. The molecule has 0 atom stereocenters. The van der Waals surface area contributed by atoms with E-state index < -0.39 is 5.97 Å². The maximum Gasteiger partial charge on any atom is 0.357 e. The lowest BCUT2D eigenvalue weighted by molar-refractivity contribution is 0.0691. The Balaban J connectivity index is 1.97. The second kappa shape index (κ2) is 5.34. The van der Waals surface area contributed by atoms with Gasteiger partial charge in [0.05, 0.1) is 11.6 Å². The highest BCUT2D eigenvalue weighted by molar-refractivity contribution is 6.07. The van der Waals surface area contributed by atoms with E-state index in [0.717, 1.165) is 22.5 Å². The largest absolute Gasteiger partial charge is 0.476 e. The summed E-state index contributed by atoms with van der Waals surface area (Å²) in [5.41, 5.74) is 3.11. The number of hydrogen-bond donors (Lipinski definition) is 1. The number of rotatable bonds is 3. The first-order valence-electron chi connectivity index (χ1n) is 7.34. The number of carbonyl (C=O) groups is 1. The molecule has 4 rings (SSSR count). The number of fused-ring (bicyclic) bond motifs is 1. The van der Waals surface area contributed by atoms with Crippen molar-refractivity contribution >= 4 is 17.0 Å². The van der Waals surface area contributed by atoms with Gasteiger partial charge in [-0.05, 0) is 35.4 Å². The minimum absolute atomic E-state index is 0.000924. The molecule has 24 heavy (non-hydrogen) atoms. The van der Waals surface area contributed by atoms with Crippen LogP contribution >= 0.6 is 0 Å². The molecular weight excluding hydrogens is 306 g/mol. The summed E-state index contributed by atoms with van der Waals surface area (Å²) in [6.07, 6.45) is 3.28. The van der Waals surface area contributed by atoms with Crippen molar-refractivity contribution in [3.05, 3.63) is 60.6 Å². The second-order valence-corrected chi connectivity index (χ2v) is 5.39. The summed E-state index contributed by atoms with van der Waals surface area (Å²) in [7, 11) is 1.69. The Bertz CT molecular complexity index is 1050. The Hall–Kier alpha value is -3.41. The van der Waals surface area contributed by atoms with Crippen LogP contribution in [-0.2, 0) is 7.05 Å². The van der Waals surface area contributed by atoms with E-state index >= 15 is 0 Å². The van der Waals surface area contributed by atoms with Crippen LogP contribution in [0.5, 0.6) is 0 Å². The first kappa shape index (κ1) is 14.2. The van der Waals surface area contributed by atoms with Gasteiger partial charge in [0.2, 0.25) is 0 Å². The van der Waals surface area contributed by atoms with E-state index in [0.29, 0.717) is 11.0 Å². The number of aryl methyl sites for hydroxylation is 1. The van der Waals surface area contributed by atoms with E-state index in [1.165, 1.54) is 4.68 Å². The Morgan fingerprint density at radius 2 is 2.00 bits per heavy atom. The normalized spacial score (nSPS) is 11.0. The number of aromatic carboxylic acids is 1. The van der Waals surface area contributed by atoms with Crippen molar-refractivity contribution in [2.75, 3.05) is 0 Å². The highest BCUT2D eigenvalue weighted by Crippen LogP contribution is 2.32. The van der Waals surface area contributed by atoms with Gasteiger partial charge in [0.25, 0.3) is 0 Å². The monoisotopic (exact) mass is 319 g/mol. The van der Waals surface area contributed by atoms with Crippen molar-refractivity contribution in [1.29, 1.82) is 0 Å². The van der Waals surface area contributed by atoms with Crippen LogP contribution in [0.15, 0.2) is 59.3 Å². The average Bonchev–Trinajstić information content (AvgIpc) is 3.23. The molecule has 0 bridgehead atoms. The Morgan fingerprint density at radius 3 is 2.75 bits per heavy atom. The number of aromatic nitrogens is 3. The summed E-state index contributed by atoms with van der Waals surface area (Å²) >= 11 is 0. The fourth-order valence-corrected chi connectivity index (χ4v) is 2.85. The number of furan rings is 1. The number of carboxylic acid groups (broad SMARTS) is 1. The van der Waals surface area contributed by atoms with Crippen molar-refractivity contribution in [3.8, 4) is 22.5 Å². The molecule has 1 aromatic carbocycles. The van der Waals surface area contributed by atoms with Gasteiger partial charge >= 0.3 is 5.97 Å². The molecule has 3 aromatic heterocycles. The number of hydrogen-bond acceptors (Lipinski definition) is 4. The van der Waals surface area contributed by atoms with Crippen molar-refractivity contribution in [2.24, 2.45) is 7.05 Å². The molecule has 0 saturated heterocycles. The van der Waals surface area contributed by atoms with E-state index in [1.54, 1.807) is 25.6 Å². The Morgan fingerprint density at radius 1 is 1.17 bits per heavy atom. The number of benzene rings is 1. The van der Waals surface area contributed by atoms with E-state index in [1.807, 2.05) is 36.4 Å². The topological polar surface area (TPSA) is 81.2 Å². The molecule has 0 saturated carbocycles. The molecule has 3 heterocycles. The molecule has 0 radical (unpaired) electrons. The number of carboxylic acids is 1. The molecule has 0 amide bonds. The fourth-order valence-electron chi connectivity index (χ4n) is 2.85. The molecule has 0 unspecified atom stereocenters. The van der Waals surface area contributed by atoms with Gasteiger partial charge in [0.15, 0.2) is 11.3 Å². The van der Waals surface area contributed by atoms with Crippen LogP contribution < -0.4 is 0 Å². The Labute approximate surface area is 137 Å². The van der Waals surface area contributed by atoms with Gasteiger partial charge < -0.3 is 9.52 Å². The van der Waals surface area contributed by atoms with Crippen molar-refractivity contribution in [1.82, 2.24) is 14.8 Å². The van der Waals surface area contributed by atoms with Crippen LogP contribution in [0.4, 0.5) is 0 Å². The number of pyridine rings is 1. The molecule has 1 N–H and O–H groups in total. The first-order chi connectivity index (χ1) is 11.6. The SMILES string of the molecule is Cn1nc(C(=O)O)c2c(-c3cccc(-c4ccco4)c3)ccnc21. The lowest BCUT2D eigenvalue weighted by Crippen LogP contribution is -1.99. The minimum atomic E-state index is -1.07. The molecule has 0 aliphatic heterocycles. The maximum atomic E-state index is 11.5. The highest BCUT2D eigenvalue weighted by atomic mass is 16.4. The molecule has 118 valence electrons. The van der Waals surface area contributed by atoms with Gasteiger partial charge in [0.1, 0.15) is 5.76 Å². The minimum Gasteiger partial charge on any atom is -0.476 e. The molecule has 0 aliphatic carbocycles. The van der Waals surface area contributed by atoms with Gasteiger partial charge in [-0.15, -0.1) is 0 Å². The zero-order valence-corrected chi connectivity index (χ0v) is 12.8. The zero-order chi connectivity index (χ0) is 16.7. The third-order valence-electron chi connectivity index (χ3n) is 3.91. The standard InChI is InChI=1S/C18H13N3O3/c1-21-17-15(16(20-21)18(22)23)13(7-8-19-17)11-4-2-5-12(10-11)14-6-3-9-24-14/h2-10H,1H3,(H,22,23). The lowest BCUT2D eigenvalue weighted by atomic mass is 9.99. The van der Waals surface area contributed by atoms with Gasteiger partial charge in [0, 0.05) is 18.8 Å². The van der Waals surface area contributed by atoms with Crippen LogP contribution in [0.3, 0.4) is 0 Å². The third-order valence-corrected chi connectivity index (χ3v) is 3.91. The van der Waals surface area contributed by atoms with Crippen molar-refractivity contribution in [2.45, 2.75) is 0 Å². The fraction of sp³-hybridized carbons (Fsp3) is 0.0556. The average molecular weight is 319 g/mol. The zero-order valence-electron chi connectivity index (χ0n) is 12.8. The molecule has 0 fully saturated rings. The van der Waals surface area contributed by atoms with E-state index in [9.17, 15) is 9.90 Å². The van der Waals surface area contributed by atoms with E-state index in [-0.39, 0.29) is 5.69 Å². The van der Waals surface area contributed by atoms with Crippen LogP contribution in [-0.4, -0.2) is 25.8 Å². The summed E-state index contributed by atoms with van der Waals surface area (Å²) < 4.78 is 6.93. The summed E-state index contributed by atoms with van der Waals surface area (Å²) in [6.45, 7) is 0.